The molecule has 2 rings (SSSR count). The minimum Gasteiger partial charge on any atom is -0.489 e. The highest BCUT2D eigenvalue weighted by Crippen LogP contribution is 2.19. The van der Waals surface area contributed by atoms with Crippen molar-refractivity contribution in [3.8, 4) is 5.75 Å². The second-order valence-electron chi connectivity index (χ2n) is 5.53. The van der Waals surface area contributed by atoms with E-state index in [1.807, 2.05) is 24.3 Å². The number of rotatable bonds is 11. The Bertz CT molecular complexity index is 600. The number of hydrogen-bond acceptors (Lipinski definition) is 4. The lowest BCUT2D eigenvalue weighted by Crippen LogP contribution is -2.24. The molecule has 2 aromatic carbocycles. The number of hydrogen-bond donors (Lipinski definition) is 3. The molecule has 3 N–H and O–H groups in total. The Balaban J connectivity index is 0.00000312. The third kappa shape index (κ3) is 9.36. The topological polar surface area (TPSA) is 53.5 Å². The quantitative estimate of drug-likeness (QED) is 0.502. The monoisotopic (exact) mass is 404 g/mol. The molecule has 0 saturated carbocycles. The van der Waals surface area contributed by atoms with E-state index in [2.05, 4.69) is 10.6 Å². The fraction of sp³-hybridized carbons (Fsp3) is 0.368. The van der Waals surface area contributed by atoms with Gasteiger partial charge in [0.1, 0.15) is 18.2 Å². The van der Waals surface area contributed by atoms with Crippen LogP contribution in [0.3, 0.4) is 0 Å². The van der Waals surface area contributed by atoms with Crippen molar-refractivity contribution in [3.63, 3.8) is 0 Å². The van der Waals surface area contributed by atoms with E-state index in [0.29, 0.717) is 13.2 Å². The molecular formula is C19H27Cl2FN2O2. The third-order valence-corrected chi connectivity index (χ3v) is 3.59. The molecule has 0 aliphatic heterocycles. The zero-order chi connectivity index (χ0) is 17.0. The molecule has 2 aromatic rings. The van der Waals surface area contributed by atoms with E-state index in [9.17, 15) is 4.39 Å². The molecule has 0 fully saturated rings. The molecule has 0 aliphatic rings. The molecule has 4 nitrogen and oxygen atoms in total. The molecule has 0 amide bonds. The molecular weight excluding hydrogens is 378 g/mol. The van der Waals surface area contributed by atoms with Gasteiger partial charge in [-0.2, -0.15) is 0 Å². The first-order chi connectivity index (χ1) is 11.8. The van der Waals surface area contributed by atoms with Crippen LogP contribution in [0.5, 0.6) is 5.75 Å². The fourth-order valence-electron chi connectivity index (χ4n) is 2.30. The van der Waals surface area contributed by atoms with Crippen LogP contribution in [-0.2, 0) is 13.2 Å². The fourth-order valence-corrected chi connectivity index (χ4v) is 2.30. The average molecular weight is 405 g/mol. The van der Waals surface area contributed by atoms with Crippen molar-refractivity contribution in [1.82, 2.24) is 10.6 Å². The lowest BCUT2D eigenvalue weighted by atomic mass is 10.2. The lowest BCUT2D eigenvalue weighted by molar-refractivity contribution is 0.292. The first-order valence-electron chi connectivity index (χ1n) is 8.27. The summed E-state index contributed by atoms with van der Waals surface area (Å²) < 4.78 is 18.8. The van der Waals surface area contributed by atoms with Crippen molar-refractivity contribution < 1.29 is 14.2 Å². The molecule has 0 bridgehead atoms. The van der Waals surface area contributed by atoms with Gasteiger partial charge in [0.2, 0.25) is 0 Å². The Hall–Kier alpha value is -1.37. The standard InChI is InChI=1S/C19H25FN2O2.2ClH/c20-18-8-6-16(7-9-18)15-24-19-5-2-1-4-17(19)14-22-11-3-10-21-12-13-23;;/h1-2,4-9,21-23H,3,10-15H2;2*1H. The van der Waals surface area contributed by atoms with Crippen molar-refractivity contribution in [2.24, 2.45) is 0 Å². The second-order valence-corrected chi connectivity index (χ2v) is 5.53. The maximum Gasteiger partial charge on any atom is 0.124 e. The summed E-state index contributed by atoms with van der Waals surface area (Å²) in [6.07, 6.45) is 0.999. The SMILES string of the molecule is Cl.Cl.OCCNCCCNCc1ccccc1OCc1ccc(F)cc1. The molecule has 0 spiro atoms. The van der Waals surface area contributed by atoms with Gasteiger partial charge in [0.25, 0.3) is 0 Å². The van der Waals surface area contributed by atoms with Crippen LogP contribution in [0.1, 0.15) is 17.5 Å². The van der Waals surface area contributed by atoms with Crippen molar-refractivity contribution in [2.45, 2.75) is 19.6 Å². The van der Waals surface area contributed by atoms with Gasteiger partial charge in [0.05, 0.1) is 6.61 Å². The first-order valence-corrected chi connectivity index (χ1v) is 8.27. The summed E-state index contributed by atoms with van der Waals surface area (Å²) in [6, 6.07) is 14.3. The van der Waals surface area contributed by atoms with Gasteiger partial charge in [0, 0.05) is 18.7 Å². The number of benzene rings is 2. The number of nitrogens with one attached hydrogen (secondary N) is 2. The highest BCUT2D eigenvalue weighted by atomic mass is 35.5. The third-order valence-electron chi connectivity index (χ3n) is 3.59. The molecule has 0 aromatic heterocycles. The van der Waals surface area contributed by atoms with Gasteiger partial charge in [-0.1, -0.05) is 30.3 Å². The van der Waals surface area contributed by atoms with Crippen LogP contribution < -0.4 is 15.4 Å². The Labute approximate surface area is 167 Å². The minimum absolute atomic E-state index is 0. The Morgan fingerprint density at radius 1 is 0.885 bits per heavy atom. The molecule has 0 heterocycles. The highest BCUT2D eigenvalue weighted by molar-refractivity contribution is 5.85. The number of aliphatic hydroxyl groups is 1. The second kappa shape index (κ2) is 14.8. The summed E-state index contributed by atoms with van der Waals surface area (Å²) in [6.45, 7) is 3.75. The van der Waals surface area contributed by atoms with Crippen LogP contribution in [0, 0.1) is 5.82 Å². The Morgan fingerprint density at radius 2 is 1.58 bits per heavy atom. The van der Waals surface area contributed by atoms with Crippen LogP contribution >= 0.6 is 24.8 Å². The van der Waals surface area contributed by atoms with Crippen LogP contribution in [0.2, 0.25) is 0 Å². The van der Waals surface area contributed by atoms with E-state index >= 15 is 0 Å². The van der Waals surface area contributed by atoms with Crippen LogP contribution in [-0.4, -0.2) is 31.3 Å². The van der Waals surface area contributed by atoms with Gasteiger partial charge >= 0.3 is 0 Å². The van der Waals surface area contributed by atoms with Crippen LogP contribution in [0.15, 0.2) is 48.5 Å². The summed E-state index contributed by atoms with van der Waals surface area (Å²) in [5.41, 5.74) is 2.04. The number of halogens is 3. The normalized spacial score (nSPS) is 9.92. The van der Waals surface area contributed by atoms with Gasteiger partial charge in [0.15, 0.2) is 0 Å². The van der Waals surface area contributed by atoms with Gasteiger partial charge in [-0.3, -0.25) is 0 Å². The average Bonchev–Trinajstić information content (AvgIpc) is 2.61. The molecule has 146 valence electrons. The maximum absolute atomic E-state index is 12.9. The summed E-state index contributed by atoms with van der Waals surface area (Å²) >= 11 is 0. The summed E-state index contributed by atoms with van der Waals surface area (Å²) in [7, 11) is 0. The van der Waals surface area contributed by atoms with Crippen molar-refractivity contribution >= 4 is 24.8 Å². The predicted octanol–water partition coefficient (Wildman–Crippen LogP) is 3.31. The maximum atomic E-state index is 12.9. The van der Waals surface area contributed by atoms with E-state index in [4.69, 9.17) is 9.84 Å². The molecule has 26 heavy (non-hydrogen) atoms. The van der Waals surface area contributed by atoms with Gasteiger partial charge in [-0.25, -0.2) is 4.39 Å². The smallest absolute Gasteiger partial charge is 0.124 e. The summed E-state index contributed by atoms with van der Waals surface area (Å²) in [4.78, 5) is 0. The molecule has 7 heteroatoms. The Morgan fingerprint density at radius 3 is 2.31 bits per heavy atom. The zero-order valence-corrected chi connectivity index (χ0v) is 16.3. The minimum atomic E-state index is -0.239. The zero-order valence-electron chi connectivity index (χ0n) is 14.6. The van der Waals surface area contributed by atoms with Crippen molar-refractivity contribution in [2.75, 3.05) is 26.2 Å². The van der Waals surface area contributed by atoms with E-state index in [1.54, 1.807) is 12.1 Å². The molecule has 0 unspecified atom stereocenters. The van der Waals surface area contributed by atoms with E-state index < -0.39 is 0 Å². The molecule has 0 atom stereocenters. The van der Waals surface area contributed by atoms with Gasteiger partial charge < -0.3 is 20.5 Å². The lowest BCUT2D eigenvalue weighted by Gasteiger charge is -2.12. The van der Waals surface area contributed by atoms with Crippen LogP contribution in [0.25, 0.3) is 0 Å². The summed E-state index contributed by atoms with van der Waals surface area (Å²) in [5, 5.41) is 15.2. The molecule has 0 aliphatic carbocycles. The van der Waals surface area contributed by atoms with Gasteiger partial charge in [-0.15, -0.1) is 24.8 Å². The Kier molecular flexibility index (Phi) is 14.0. The predicted molar refractivity (Wildman–Crippen MR) is 108 cm³/mol. The highest BCUT2D eigenvalue weighted by Gasteiger charge is 2.03. The largest absolute Gasteiger partial charge is 0.489 e. The first kappa shape index (κ1) is 24.6. The number of para-hydroxylation sites is 1. The van der Waals surface area contributed by atoms with Gasteiger partial charge in [-0.05, 0) is 43.3 Å². The summed E-state index contributed by atoms with van der Waals surface area (Å²) in [5.74, 6) is 0.601. The molecule has 0 saturated heterocycles. The van der Waals surface area contributed by atoms with E-state index in [-0.39, 0.29) is 37.2 Å². The van der Waals surface area contributed by atoms with E-state index in [1.165, 1.54) is 12.1 Å². The molecule has 0 radical (unpaired) electrons. The number of ether oxygens (including phenoxy) is 1. The van der Waals surface area contributed by atoms with Crippen molar-refractivity contribution in [3.05, 3.63) is 65.5 Å². The number of aliphatic hydroxyl groups excluding tert-OH is 1. The van der Waals surface area contributed by atoms with E-state index in [0.717, 1.165) is 42.9 Å². The van der Waals surface area contributed by atoms with Crippen LogP contribution in [0.4, 0.5) is 4.39 Å². The van der Waals surface area contributed by atoms with Crippen molar-refractivity contribution in [1.29, 1.82) is 0 Å².